The van der Waals surface area contributed by atoms with E-state index in [-0.39, 0.29) is 98.3 Å². The number of rotatable bonds is 0. The standard InChI is InChI=1S/C4H6N2S.6ClH.Sn/c5-3-1-7-2-4(3)6;;;;;;;/h1-2H,5-6H2;6*1H;/q;;;;;;;+4/p-4. The van der Waals surface area contributed by atoms with Gasteiger partial charge in [0, 0.05) is 10.8 Å². The largest absolute Gasteiger partial charge is 4.00 e. The molecular formula is C4H8Cl6N2SSn. The van der Waals surface area contributed by atoms with E-state index in [0.29, 0.717) is 11.4 Å². The normalized spacial score (nSPS) is 4.57. The van der Waals surface area contributed by atoms with Crippen LogP contribution in [0, 0.1) is 0 Å². The molecule has 1 rings (SSSR count). The molecule has 0 amide bonds. The Morgan fingerprint density at radius 2 is 1.00 bits per heavy atom. The molecule has 2 nitrogen and oxygen atoms in total. The van der Waals surface area contributed by atoms with Gasteiger partial charge in [0.2, 0.25) is 0 Å². The van der Waals surface area contributed by atoms with Crippen molar-refractivity contribution in [3.05, 3.63) is 10.8 Å². The van der Waals surface area contributed by atoms with E-state index in [1.54, 1.807) is 0 Å². The molecule has 0 radical (unpaired) electrons. The van der Waals surface area contributed by atoms with Crippen LogP contribution in [0.15, 0.2) is 10.8 Å². The number of thiophene rings is 1. The molecule has 0 atom stereocenters. The minimum absolute atomic E-state index is 0. The van der Waals surface area contributed by atoms with Gasteiger partial charge in [-0.15, -0.1) is 36.2 Å². The van der Waals surface area contributed by atoms with Crippen LogP contribution in [0.4, 0.5) is 11.4 Å². The van der Waals surface area contributed by atoms with Gasteiger partial charge in [0.15, 0.2) is 0 Å². The Morgan fingerprint density at radius 1 is 0.786 bits per heavy atom. The maximum Gasteiger partial charge on any atom is 4.00 e. The second-order valence-corrected chi connectivity index (χ2v) is 2.03. The smallest absolute Gasteiger partial charge is 1.00 e. The van der Waals surface area contributed by atoms with Gasteiger partial charge in [-0.2, -0.15) is 0 Å². The van der Waals surface area contributed by atoms with Crippen molar-refractivity contribution in [3.8, 4) is 0 Å². The Hall–Kier alpha value is 1.84. The summed E-state index contributed by atoms with van der Waals surface area (Å²) in [6.45, 7) is 0. The number of halogens is 6. The first kappa shape index (κ1) is 44.6. The van der Waals surface area contributed by atoms with Gasteiger partial charge in [0.25, 0.3) is 0 Å². The summed E-state index contributed by atoms with van der Waals surface area (Å²) in [6.07, 6.45) is 0. The average molecular weight is 448 g/mol. The fourth-order valence-corrected chi connectivity index (χ4v) is 0.950. The zero-order valence-electron chi connectivity index (χ0n) is 6.55. The van der Waals surface area contributed by atoms with Crippen LogP contribution in [0.1, 0.15) is 0 Å². The molecule has 1 heterocycles. The van der Waals surface area contributed by atoms with E-state index < -0.39 is 0 Å². The van der Waals surface area contributed by atoms with E-state index in [4.69, 9.17) is 11.5 Å². The fourth-order valence-electron chi connectivity index (χ4n) is 0.317. The molecule has 0 spiro atoms. The Balaban J connectivity index is -0.0000000140. The molecule has 0 unspecified atom stereocenters. The molecular weight excluding hydrogens is 440 g/mol. The van der Waals surface area contributed by atoms with Gasteiger partial charge < -0.3 is 61.1 Å². The molecule has 0 aliphatic carbocycles. The first-order valence-corrected chi connectivity index (χ1v) is 2.82. The Morgan fingerprint density at radius 3 is 1.07 bits per heavy atom. The molecule has 0 aliphatic rings. The number of anilines is 2. The zero-order valence-corrected chi connectivity index (χ0v) is 14.9. The van der Waals surface area contributed by atoms with Crippen LogP contribution in [0.3, 0.4) is 0 Å². The maximum atomic E-state index is 5.33. The number of nitrogens with two attached hydrogens (primary N) is 2. The molecule has 1 aromatic rings. The van der Waals surface area contributed by atoms with Crippen LogP contribution in [-0.2, 0) is 0 Å². The monoisotopic (exact) mass is 446 g/mol. The molecule has 1 aromatic heterocycles. The summed E-state index contributed by atoms with van der Waals surface area (Å²) in [7, 11) is 0. The number of nitrogen functional groups attached to an aromatic ring is 2. The van der Waals surface area contributed by atoms with Gasteiger partial charge in [-0.1, -0.05) is 0 Å². The van der Waals surface area contributed by atoms with Gasteiger partial charge >= 0.3 is 23.9 Å². The fraction of sp³-hybridized carbons (Fsp3) is 0. The minimum atomic E-state index is 0. The van der Waals surface area contributed by atoms with Crippen molar-refractivity contribution in [1.82, 2.24) is 0 Å². The van der Waals surface area contributed by atoms with E-state index >= 15 is 0 Å². The van der Waals surface area contributed by atoms with Gasteiger partial charge in [-0.05, 0) is 0 Å². The first-order chi connectivity index (χ1) is 3.30. The van der Waals surface area contributed by atoms with Crippen molar-refractivity contribution >= 4 is 71.4 Å². The van der Waals surface area contributed by atoms with Crippen molar-refractivity contribution in [1.29, 1.82) is 0 Å². The van der Waals surface area contributed by atoms with Crippen LogP contribution in [0.5, 0.6) is 0 Å². The summed E-state index contributed by atoms with van der Waals surface area (Å²) < 4.78 is 0. The predicted molar refractivity (Wildman–Crippen MR) is 53.4 cm³/mol. The molecule has 4 N–H and O–H groups in total. The minimum Gasteiger partial charge on any atom is -1.00 e. The van der Waals surface area contributed by atoms with Crippen LogP contribution in [-0.4, -0.2) is 23.9 Å². The topological polar surface area (TPSA) is 52.0 Å². The third-order valence-electron chi connectivity index (χ3n) is 0.723. The Kier molecular flexibility index (Phi) is 77.1. The molecule has 0 aliphatic heterocycles. The van der Waals surface area contributed by atoms with Crippen molar-refractivity contribution < 1.29 is 49.6 Å². The number of hydrogen-bond donors (Lipinski definition) is 2. The Bertz CT molecular complexity index is 160. The summed E-state index contributed by atoms with van der Waals surface area (Å²) >= 11 is 1.52. The predicted octanol–water partition coefficient (Wildman–Crippen LogP) is -10.6. The third kappa shape index (κ3) is 16.3. The molecule has 0 saturated heterocycles. The molecule has 0 fully saturated rings. The third-order valence-corrected chi connectivity index (χ3v) is 1.50. The van der Waals surface area contributed by atoms with Crippen LogP contribution >= 0.6 is 36.2 Å². The summed E-state index contributed by atoms with van der Waals surface area (Å²) in [5.41, 5.74) is 12.0. The summed E-state index contributed by atoms with van der Waals surface area (Å²) in [6, 6.07) is 0. The SMILES string of the molecule is Cl.Cl.Nc1cscc1N.[Cl-].[Cl-].[Cl-].[Cl-].[Sn+4]. The van der Waals surface area contributed by atoms with Gasteiger partial charge in [-0.25, -0.2) is 0 Å². The molecule has 0 saturated carbocycles. The van der Waals surface area contributed by atoms with E-state index in [9.17, 15) is 0 Å². The van der Waals surface area contributed by atoms with E-state index in [0.717, 1.165) is 0 Å². The van der Waals surface area contributed by atoms with E-state index in [2.05, 4.69) is 0 Å². The molecule has 86 valence electrons. The zero-order chi connectivity index (χ0) is 5.28. The van der Waals surface area contributed by atoms with Crippen LogP contribution in [0.2, 0.25) is 0 Å². The second-order valence-electron chi connectivity index (χ2n) is 1.28. The van der Waals surface area contributed by atoms with Crippen molar-refractivity contribution in [2.24, 2.45) is 0 Å². The quantitative estimate of drug-likeness (QED) is 0.388. The van der Waals surface area contributed by atoms with Gasteiger partial charge in [-0.3, -0.25) is 0 Å². The molecule has 14 heavy (non-hydrogen) atoms. The van der Waals surface area contributed by atoms with E-state index in [1.807, 2.05) is 10.8 Å². The van der Waals surface area contributed by atoms with Crippen molar-refractivity contribution in [2.75, 3.05) is 11.5 Å². The molecule has 10 heteroatoms. The molecule has 0 aromatic carbocycles. The Labute approximate surface area is 142 Å². The maximum absolute atomic E-state index is 5.33. The van der Waals surface area contributed by atoms with E-state index in [1.165, 1.54) is 11.3 Å². The summed E-state index contributed by atoms with van der Waals surface area (Å²) in [5.74, 6) is 0. The van der Waals surface area contributed by atoms with Crippen LogP contribution < -0.4 is 61.1 Å². The van der Waals surface area contributed by atoms with Gasteiger partial charge in [0.05, 0.1) is 11.4 Å². The van der Waals surface area contributed by atoms with Crippen molar-refractivity contribution in [3.63, 3.8) is 0 Å². The van der Waals surface area contributed by atoms with Gasteiger partial charge in [0.1, 0.15) is 0 Å². The first-order valence-electron chi connectivity index (χ1n) is 1.88. The van der Waals surface area contributed by atoms with Crippen molar-refractivity contribution in [2.45, 2.75) is 0 Å². The molecule has 0 bridgehead atoms. The number of hydrogen-bond acceptors (Lipinski definition) is 3. The summed E-state index contributed by atoms with van der Waals surface area (Å²) in [4.78, 5) is 0. The summed E-state index contributed by atoms with van der Waals surface area (Å²) in [5, 5.41) is 3.63. The van der Waals surface area contributed by atoms with Crippen LogP contribution in [0.25, 0.3) is 0 Å². The second kappa shape index (κ2) is 24.2. The average Bonchev–Trinajstić information content (AvgIpc) is 1.91.